The van der Waals surface area contributed by atoms with E-state index in [2.05, 4.69) is 15.6 Å². The third-order valence-electron chi connectivity index (χ3n) is 5.51. The molecule has 2 aliphatic heterocycles. The standard InChI is InChI=1S/C22H23ClN4O3S/c1-13-4-7-24-19(10-13)26-21(29)14-5-8-27(9-6-14)20(28)12-18-22(30)25-16-11-15(23)2-3-17(16)31-18/h2-4,7,10-11,14,18H,5-6,8-9,12H2,1H3,(H,25,30)(H,24,26,29). The van der Waals surface area contributed by atoms with E-state index < -0.39 is 5.25 Å². The summed E-state index contributed by atoms with van der Waals surface area (Å²) in [6, 6.07) is 9.04. The number of pyridine rings is 1. The molecular formula is C22H23ClN4O3S. The van der Waals surface area contributed by atoms with E-state index in [1.54, 1.807) is 23.2 Å². The predicted octanol–water partition coefficient (Wildman–Crippen LogP) is 3.72. The fourth-order valence-corrected chi connectivity index (χ4v) is 5.02. The molecule has 1 aromatic heterocycles. The highest BCUT2D eigenvalue weighted by Crippen LogP contribution is 2.38. The number of fused-ring (bicyclic) bond motifs is 1. The maximum atomic E-state index is 12.8. The number of rotatable bonds is 4. The first-order chi connectivity index (χ1) is 14.9. The van der Waals surface area contributed by atoms with Crippen molar-refractivity contribution in [3.8, 4) is 0 Å². The lowest BCUT2D eigenvalue weighted by Gasteiger charge is -2.32. The van der Waals surface area contributed by atoms with Crippen molar-refractivity contribution in [1.82, 2.24) is 9.88 Å². The Kier molecular flexibility index (Phi) is 6.48. The molecule has 7 nitrogen and oxygen atoms in total. The van der Waals surface area contributed by atoms with Crippen LogP contribution in [0.5, 0.6) is 0 Å². The van der Waals surface area contributed by atoms with E-state index >= 15 is 0 Å². The molecule has 1 aromatic carbocycles. The van der Waals surface area contributed by atoms with Crippen molar-refractivity contribution in [2.24, 2.45) is 5.92 Å². The number of hydrogen-bond donors (Lipinski definition) is 2. The Labute approximate surface area is 189 Å². The molecule has 0 aliphatic carbocycles. The number of benzene rings is 1. The number of carbonyl (C=O) groups excluding carboxylic acids is 3. The smallest absolute Gasteiger partial charge is 0.238 e. The van der Waals surface area contributed by atoms with Gasteiger partial charge in [0, 0.05) is 41.5 Å². The minimum atomic E-state index is -0.477. The highest BCUT2D eigenvalue weighted by Gasteiger charge is 2.33. The van der Waals surface area contributed by atoms with Crippen molar-refractivity contribution >= 4 is 52.6 Å². The average molecular weight is 459 g/mol. The summed E-state index contributed by atoms with van der Waals surface area (Å²) in [6.45, 7) is 2.95. The van der Waals surface area contributed by atoms with E-state index in [4.69, 9.17) is 11.6 Å². The van der Waals surface area contributed by atoms with Crippen LogP contribution in [0.4, 0.5) is 11.5 Å². The van der Waals surface area contributed by atoms with Gasteiger partial charge in [-0.3, -0.25) is 14.4 Å². The second-order valence-corrected chi connectivity index (χ2v) is 9.48. The summed E-state index contributed by atoms with van der Waals surface area (Å²) >= 11 is 7.36. The number of hydrogen-bond acceptors (Lipinski definition) is 5. The summed E-state index contributed by atoms with van der Waals surface area (Å²) in [5.41, 5.74) is 1.71. The third-order valence-corrected chi connectivity index (χ3v) is 7.02. The number of nitrogens with one attached hydrogen (secondary N) is 2. The summed E-state index contributed by atoms with van der Waals surface area (Å²) in [6.07, 6.45) is 2.98. The van der Waals surface area contributed by atoms with Crippen LogP contribution in [0.1, 0.15) is 24.8 Å². The quantitative estimate of drug-likeness (QED) is 0.728. The Hall–Kier alpha value is -2.58. The summed E-state index contributed by atoms with van der Waals surface area (Å²) in [5, 5.41) is 5.77. The number of likely N-dealkylation sites (tertiary alicyclic amines) is 1. The number of anilines is 2. The van der Waals surface area contributed by atoms with Gasteiger partial charge in [0.15, 0.2) is 0 Å². The number of nitrogens with zero attached hydrogens (tertiary/aromatic N) is 2. The molecule has 0 spiro atoms. The normalized spacial score (nSPS) is 18.8. The van der Waals surface area contributed by atoms with E-state index in [1.807, 2.05) is 25.1 Å². The Balaban J connectivity index is 1.29. The number of carbonyl (C=O) groups is 3. The van der Waals surface area contributed by atoms with Crippen molar-refractivity contribution in [2.75, 3.05) is 23.7 Å². The molecule has 3 heterocycles. The van der Waals surface area contributed by atoms with Crippen LogP contribution >= 0.6 is 23.4 Å². The largest absolute Gasteiger partial charge is 0.343 e. The maximum absolute atomic E-state index is 12.8. The highest BCUT2D eigenvalue weighted by molar-refractivity contribution is 8.01. The van der Waals surface area contributed by atoms with Gasteiger partial charge in [0.2, 0.25) is 17.7 Å². The molecule has 2 aromatic rings. The zero-order valence-electron chi connectivity index (χ0n) is 17.1. The number of piperidine rings is 1. The van der Waals surface area contributed by atoms with E-state index in [9.17, 15) is 14.4 Å². The number of amides is 3. The summed E-state index contributed by atoms with van der Waals surface area (Å²) < 4.78 is 0. The first kappa shape index (κ1) is 21.6. The highest BCUT2D eigenvalue weighted by atomic mass is 35.5. The first-order valence-corrected chi connectivity index (χ1v) is 11.4. The monoisotopic (exact) mass is 458 g/mol. The van der Waals surface area contributed by atoms with Gasteiger partial charge in [-0.25, -0.2) is 4.98 Å². The molecule has 162 valence electrons. The van der Waals surface area contributed by atoms with Crippen molar-refractivity contribution in [2.45, 2.75) is 36.3 Å². The van der Waals surface area contributed by atoms with Crippen LogP contribution in [0.3, 0.4) is 0 Å². The molecule has 0 radical (unpaired) electrons. The third kappa shape index (κ3) is 5.19. The minimum absolute atomic E-state index is 0.0655. The number of aromatic nitrogens is 1. The van der Waals surface area contributed by atoms with E-state index in [1.165, 1.54) is 11.8 Å². The average Bonchev–Trinajstić information content (AvgIpc) is 2.74. The van der Waals surface area contributed by atoms with Gasteiger partial charge >= 0.3 is 0 Å². The van der Waals surface area contributed by atoms with Crippen molar-refractivity contribution in [1.29, 1.82) is 0 Å². The molecular weight excluding hydrogens is 436 g/mol. The number of halogens is 1. The van der Waals surface area contributed by atoms with Gasteiger partial charge in [-0.2, -0.15) is 0 Å². The Bertz CT molecular complexity index is 1020. The van der Waals surface area contributed by atoms with Crippen LogP contribution < -0.4 is 10.6 Å². The van der Waals surface area contributed by atoms with E-state index in [0.29, 0.717) is 42.5 Å². The molecule has 0 saturated carbocycles. The second-order valence-electron chi connectivity index (χ2n) is 7.80. The molecule has 1 atom stereocenters. The molecule has 9 heteroatoms. The van der Waals surface area contributed by atoms with E-state index in [0.717, 1.165) is 10.5 Å². The molecule has 31 heavy (non-hydrogen) atoms. The van der Waals surface area contributed by atoms with Gasteiger partial charge in [-0.05, 0) is 55.7 Å². The topological polar surface area (TPSA) is 91.4 Å². The van der Waals surface area contributed by atoms with Gasteiger partial charge in [-0.15, -0.1) is 11.8 Å². The van der Waals surface area contributed by atoms with Gasteiger partial charge in [0.05, 0.1) is 10.9 Å². The molecule has 1 fully saturated rings. The van der Waals surface area contributed by atoms with Crippen LogP contribution in [0.15, 0.2) is 41.4 Å². The van der Waals surface area contributed by atoms with Crippen molar-refractivity contribution in [3.05, 3.63) is 47.1 Å². The predicted molar refractivity (Wildman–Crippen MR) is 121 cm³/mol. The molecule has 2 N–H and O–H groups in total. The second kappa shape index (κ2) is 9.28. The van der Waals surface area contributed by atoms with Crippen LogP contribution in [0.25, 0.3) is 0 Å². The van der Waals surface area contributed by atoms with Gasteiger partial charge < -0.3 is 15.5 Å². The molecule has 1 saturated heterocycles. The summed E-state index contributed by atoms with van der Waals surface area (Å²) in [4.78, 5) is 44.6. The molecule has 0 bridgehead atoms. The van der Waals surface area contributed by atoms with Crippen LogP contribution in [-0.4, -0.2) is 45.9 Å². The number of thioether (sulfide) groups is 1. The zero-order valence-corrected chi connectivity index (χ0v) is 18.6. The number of aryl methyl sites for hydroxylation is 1. The lowest BCUT2D eigenvalue weighted by atomic mass is 9.95. The minimum Gasteiger partial charge on any atom is -0.343 e. The lowest BCUT2D eigenvalue weighted by molar-refractivity contribution is -0.135. The Morgan fingerprint density at radius 1 is 1.26 bits per heavy atom. The zero-order chi connectivity index (χ0) is 22.0. The van der Waals surface area contributed by atoms with Gasteiger partial charge in [-0.1, -0.05) is 11.6 Å². The molecule has 1 unspecified atom stereocenters. The fourth-order valence-electron chi connectivity index (χ4n) is 3.77. The summed E-state index contributed by atoms with van der Waals surface area (Å²) in [7, 11) is 0. The van der Waals surface area contributed by atoms with E-state index in [-0.39, 0.29) is 30.1 Å². The fraction of sp³-hybridized carbons (Fsp3) is 0.364. The summed E-state index contributed by atoms with van der Waals surface area (Å²) in [5.74, 6) is 0.0701. The van der Waals surface area contributed by atoms with Gasteiger partial charge in [0.25, 0.3) is 0 Å². The van der Waals surface area contributed by atoms with Gasteiger partial charge in [0.1, 0.15) is 5.82 Å². The van der Waals surface area contributed by atoms with Crippen LogP contribution in [0, 0.1) is 12.8 Å². The molecule has 3 amide bonds. The Morgan fingerprint density at radius 3 is 2.77 bits per heavy atom. The lowest BCUT2D eigenvalue weighted by Crippen LogP contribution is -2.43. The van der Waals surface area contributed by atoms with Crippen molar-refractivity contribution in [3.63, 3.8) is 0 Å². The SMILES string of the molecule is Cc1ccnc(NC(=O)C2CCN(C(=O)CC3Sc4ccc(Cl)cc4NC3=O)CC2)c1. The first-order valence-electron chi connectivity index (χ1n) is 10.2. The van der Waals surface area contributed by atoms with Crippen LogP contribution in [-0.2, 0) is 14.4 Å². The molecule has 4 rings (SSSR count). The molecule has 2 aliphatic rings. The van der Waals surface area contributed by atoms with Crippen LogP contribution in [0.2, 0.25) is 5.02 Å². The Morgan fingerprint density at radius 2 is 2.03 bits per heavy atom. The van der Waals surface area contributed by atoms with Crippen molar-refractivity contribution < 1.29 is 14.4 Å². The maximum Gasteiger partial charge on any atom is 0.238 e.